The Hall–Kier alpha value is 0.340. The first-order valence-electron chi connectivity index (χ1n) is 2.61. The van der Waals surface area contributed by atoms with Crippen LogP contribution in [0.15, 0.2) is 0 Å². The molecule has 0 unspecified atom stereocenters. The van der Waals surface area contributed by atoms with E-state index in [1.54, 1.807) is 0 Å². The molecule has 0 saturated heterocycles. The number of carbonyl (C=O) groups is 1. The van der Waals surface area contributed by atoms with E-state index in [4.69, 9.17) is 0 Å². The Labute approximate surface area is 92.9 Å². The smallest absolute Gasteiger partial charge is 0.748 e. The van der Waals surface area contributed by atoms with Crippen molar-refractivity contribution in [2.24, 2.45) is 0 Å². The van der Waals surface area contributed by atoms with Crippen molar-refractivity contribution in [1.29, 1.82) is 0 Å². The number of hydrogen-bond donors (Lipinski definition) is 0. The maximum atomic E-state index is 10.6. The molecule has 0 aliphatic heterocycles. The number of nitrogens with zero attached hydrogens (tertiary/aromatic N) is 1. The van der Waals surface area contributed by atoms with E-state index in [0.717, 1.165) is 0 Å². The summed E-state index contributed by atoms with van der Waals surface area (Å²) in [5.41, 5.74) is 0. The van der Waals surface area contributed by atoms with Crippen molar-refractivity contribution in [1.82, 2.24) is 5.06 Å². The Morgan fingerprint density at radius 2 is 2.00 bits per heavy atom. The number of carbonyl (C=O) groups excluding carboxylic acids is 1. The molecule has 66 valence electrons. The van der Waals surface area contributed by atoms with Gasteiger partial charge < -0.3 is 4.55 Å². The standard InChI is InChI=1S/C4H9NO5S.Na/c1-5(10-2)4(6)3-11(7,8)9;/h3H2,1-2H3,(H,7,8,9);/q;+1/p-1. The summed E-state index contributed by atoms with van der Waals surface area (Å²) in [6.07, 6.45) is 0. The van der Waals surface area contributed by atoms with Gasteiger partial charge in [-0.3, -0.25) is 9.63 Å². The Bertz CT molecular complexity index is 238. The number of rotatable bonds is 3. The van der Waals surface area contributed by atoms with Gasteiger partial charge >= 0.3 is 29.6 Å². The molecule has 0 radical (unpaired) electrons. The van der Waals surface area contributed by atoms with Gasteiger partial charge in [-0.2, -0.15) is 0 Å². The van der Waals surface area contributed by atoms with Crippen molar-refractivity contribution in [2.45, 2.75) is 0 Å². The van der Waals surface area contributed by atoms with Gasteiger partial charge in [0.05, 0.1) is 7.11 Å². The van der Waals surface area contributed by atoms with Crippen molar-refractivity contribution < 1.29 is 52.2 Å². The van der Waals surface area contributed by atoms with Crippen LogP contribution in [0.1, 0.15) is 0 Å². The number of hydrogen-bond acceptors (Lipinski definition) is 5. The minimum atomic E-state index is -4.50. The zero-order valence-electron chi connectivity index (χ0n) is 7.10. The van der Waals surface area contributed by atoms with E-state index < -0.39 is 21.8 Å². The van der Waals surface area contributed by atoms with Crippen LogP contribution in [0.5, 0.6) is 0 Å². The zero-order valence-corrected chi connectivity index (χ0v) is 9.92. The predicted octanol–water partition coefficient (Wildman–Crippen LogP) is -4.44. The molecule has 0 aliphatic rings. The minimum absolute atomic E-state index is 0. The van der Waals surface area contributed by atoms with Crippen molar-refractivity contribution in [3.8, 4) is 0 Å². The van der Waals surface area contributed by atoms with E-state index in [9.17, 15) is 17.8 Å². The second-order valence-electron chi connectivity index (χ2n) is 1.78. The quantitative estimate of drug-likeness (QED) is 0.263. The molecule has 0 aromatic carbocycles. The van der Waals surface area contributed by atoms with Crippen LogP contribution in [-0.2, 0) is 19.8 Å². The van der Waals surface area contributed by atoms with E-state index in [1.165, 1.54) is 14.2 Å². The summed E-state index contributed by atoms with van der Waals surface area (Å²) in [5.74, 6) is -1.96. The van der Waals surface area contributed by atoms with Crippen molar-refractivity contribution in [3.05, 3.63) is 0 Å². The summed E-state index contributed by atoms with van der Waals surface area (Å²) in [7, 11) is -2.09. The van der Waals surface area contributed by atoms with Crippen LogP contribution >= 0.6 is 0 Å². The van der Waals surface area contributed by atoms with Crippen LogP contribution in [0, 0.1) is 0 Å². The molecule has 1 amide bonds. The summed E-state index contributed by atoms with van der Waals surface area (Å²) >= 11 is 0. The molecular formula is C4H8NNaO5S. The van der Waals surface area contributed by atoms with Crippen molar-refractivity contribution in [2.75, 3.05) is 19.9 Å². The Morgan fingerprint density at radius 3 is 2.25 bits per heavy atom. The van der Waals surface area contributed by atoms with Crippen LogP contribution in [0.25, 0.3) is 0 Å². The zero-order chi connectivity index (χ0) is 9.07. The molecule has 0 spiro atoms. The molecule has 0 aromatic heterocycles. The SMILES string of the molecule is CON(C)C(=O)CS(=O)(=O)[O-].[Na+]. The van der Waals surface area contributed by atoms with Crippen LogP contribution in [0.2, 0.25) is 0 Å². The van der Waals surface area contributed by atoms with Crippen LogP contribution < -0.4 is 29.6 Å². The van der Waals surface area contributed by atoms with Crippen molar-refractivity contribution >= 4 is 16.0 Å². The van der Waals surface area contributed by atoms with Gasteiger partial charge in [0.1, 0.15) is 15.9 Å². The minimum Gasteiger partial charge on any atom is -0.748 e. The van der Waals surface area contributed by atoms with Crippen LogP contribution in [0.3, 0.4) is 0 Å². The van der Waals surface area contributed by atoms with Gasteiger partial charge in [-0.15, -0.1) is 0 Å². The molecule has 8 heteroatoms. The normalized spacial score (nSPS) is 10.2. The molecule has 6 nitrogen and oxygen atoms in total. The summed E-state index contributed by atoms with van der Waals surface area (Å²) in [6.45, 7) is 0. The molecule has 12 heavy (non-hydrogen) atoms. The predicted molar refractivity (Wildman–Crippen MR) is 34.3 cm³/mol. The fraction of sp³-hybridized carbons (Fsp3) is 0.750. The van der Waals surface area contributed by atoms with Crippen molar-refractivity contribution in [3.63, 3.8) is 0 Å². The van der Waals surface area contributed by atoms with Gasteiger partial charge in [0.2, 0.25) is 0 Å². The molecule has 0 aliphatic carbocycles. The molecule has 0 saturated carbocycles. The first-order valence-corrected chi connectivity index (χ1v) is 4.19. The molecule has 0 heterocycles. The van der Waals surface area contributed by atoms with Gasteiger partial charge in [0, 0.05) is 7.05 Å². The van der Waals surface area contributed by atoms with E-state index in [2.05, 4.69) is 4.84 Å². The van der Waals surface area contributed by atoms with E-state index in [-0.39, 0.29) is 29.6 Å². The van der Waals surface area contributed by atoms with E-state index >= 15 is 0 Å². The van der Waals surface area contributed by atoms with E-state index in [0.29, 0.717) is 5.06 Å². The fourth-order valence-corrected chi connectivity index (χ4v) is 0.828. The van der Waals surface area contributed by atoms with Gasteiger partial charge in [-0.1, -0.05) is 0 Å². The Morgan fingerprint density at radius 1 is 1.58 bits per heavy atom. The average Bonchev–Trinajstić information content (AvgIpc) is 1.82. The van der Waals surface area contributed by atoms with Gasteiger partial charge in [0.25, 0.3) is 5.91 Å². The third kappa shape index (κ3) is 7.01. The topological polar surface area (TPSA) is 86.7 Å². The number of hydroxylamine groups is 2. The maximum Gasteiger partial charge on any atom is 1.00 e. The second-order valence-corrected chi connectivity index (χ2v) is 3.18. The molecule has 0 rings (SSSR count). The van der Waals surface area contributed by atoms with Crippen LogP contribution in [-0.4, -0.2) is 43.9 Å². The first-order chi connectivity index (χ1) is 4.87. The second kappa shape index (κ2) is 5.90. The molecular weight excluding hydrogens is 197 g/mol. The molecule has 0 aromatic rings. The Kier molecular flexibility index (Phi) is 7.29. The van der Waals surface area contributed by atoms with Gasteiger partial charge in [-0.05, 0) is 0 Å². The first kappa shape index (κ1) is 14.8. The number of amides is 1. The summed E-state index contributed by atoms with van der Waals surface area (Å²) in [6, 6.07) is 0. The summed E-state index contributed by atoms with van der Waals surface area (Å²) in [4.78, 5) is 14.9. The monoisotopic (exact) mass is 205 g/mol. The van der Waals surface area contributed by atoms with Gasteiger partial charge in [0.15, 0.2) is 0 Å². The maximum absolute atomic E-state index is 10.6. The Balaban J connectivity index is 0. The van der Waals surface area contributed by atoms with Crippen LogP contribution in [0.4, 0.5) is 0 Å². The fourth-order valence-electron chi connectivity index (χ4n) is 0.344. The average molecular weight is 205 g/mol. The molecule has 0 bridgehead atoms. The van der Waals surface area contributed by atoms with E-state index in [1.807, 2.05) is 0 Å². The third-order valence-electron chi connectivity index (χ3n) is 0.925. The summed E-state index contributed by atoms with van der Waals surface area (Å²) < 4.78 is 30.0. The molecule has 0 fully saturated rings. The van der Waals surface area contributed by atoms with Gasteiger partial charge in [-0.25, -0.2) is 13.5 Å². The largest absolute Gasteiger partial charge is 1.00 e. The molecule has 0 N–H and O–H groups in total. The third-order valence-corrected chi connectivity index (χ3v) is 1.53. The summed E-state index contributed by atoms with van der Waals surface area (Å²) in [5, 5.41) is 0.676. The molecule has 0 atom stereocenters.